The van der Waals surface area contributed by atoms with E-state index >= 15 is 0 Å². The largest absolute Gasteiger partial charge is 0.394 e. The molecule has 7 atom stereocenters. The summed E-state index contributed by atoms with van der Waals surface area (Å²) in [7, 11) is 0. The van der Waals surface area contributed by atoms with Crippen LogP contribution in [-0.4, -0.2) is 87.5 Å². The topological polar surface area (TPSA) is 149 Å². The van der Waals surface area contributed by atoms with Crippen molar-refractivity contribution in [3.8, 4) is 0 Å². The van der Waals surface area contributed by atoms with Crippen LogP contribution < -0.4 is 5.32 Å². The summed E-state index contributed by atoms with van der Waals surface area (Å²) in [5.74, 6) is -0.175. The first-order valence-corrected chi connectivity index (χ1v) is 32.9. The third-order valence-corrected chi connectivity index (χ3v) is 15.6. The van der Waals surface area contributed by atoms with E-state index in [9.17, 15) is 30.3 Å². The number of ether oxygens (including phenoxy) is 2. The van der Waals surface area contributed by atoms with Gasteiger partial charge in [-0.1, -0.05) is 300 Å². The van der Waals surface area contributed by atoms with E-state index in [1.165, 1.54) is 244 Å². The van der Waals surface area contributed by atoms with Crippen LogP contribution in [0.5, 0.6) is 0 Å². The number of rotatable bonds is 57. The first-order valence-electron chi connectivity index (χ1n) is 32.9. The van der Waals surface area contributed by atoms with Crippen LogP contribution in [0.3, 0.4) is 0 Å². The number of aliphatic hydroxyl groups excluding tert-OH is 5. The van der Waals surface area contributed by atoms with E-state index in [-0.39, 0.29) is 12.5 Å². The molecule has 1 heterocycles. The lowest BCUT2D eigenvalue weighted by atomic mass is 9.99. The third kappa shape index (κ3) is 44.9. The maximum Gasteiger partial charge on any atom is 0.220 e. The van der Waals surface area contributed by atoms with Crippen molar-refractivity contribution in [3.05, 3.63) is 48.6 Å². The van der Waals surface area contributed by atoms with Crippen LogP contribution in [0.4, 0.5) is 0 Å². The van der Waals surface area contributed by atoms with E-state index in [1.54, 1.807) is 6.08 Å². The molecule has 9 nitrogen and oxygen atoms in total. The zero-order valence-electron chi connectivity index (χ0n) is 49.8. The molecule has 0 radical (unpaired) electrons. The minimum atomic E-state index is -1.57. The van der Waals surface area contributed by atoms with Crippen molar-refractivity contribution in [2.45, 2.75) is 358 Å². The van der Waals surface area contributed by atoms with Gasteiger partial charge in [0.25, 0.3) is 0 Å². The van der Waals surface area contributed by atoms with Gasteiger partial charge in [0, 0.05) is 6.42 Å². The Morgan fingerprint density at radius 3 is 1.14 bits per heavy atom. The average molecular weight is 1070 g/mol. The number of nitrogens with one attached hydrogen (secondary N) is 1. The highest BCUT2D eigenvalue weighted by atomic mass is 16.7. The van der Waals surface area contributed by atoms with Gasteiger partial charge in [-0.3, -0.25) is 4.79 Å². The average Bonchev–Trinajstić information content (AvgIpc) is 3.42. The van der Waals surface area contributed by atoms with Gasteiger partial charge in [-0.05, 0) is 57.8 Å². The molecule has 0 aromatic carbocycles. The Morgan fingerprint density at radius 2 is 0.776 bits per heavy atom. The summed E-state index contributed by atoms with van der Waals surface area (Å²) in [6.45, 7) is 3.81. The smallest absolute Gasteiger partial charge is 0.220 e. The quantitative estimate of drug-likeness (QED) is 0.0261. The second-order valence-electron chi connectivity index (χ2n) is 22.9. The van der Waals surface area contributed by atoms with Gasteiger partial charge in [0.05, 0.1) is 25.4 Å². The Bertz CT molecular complexity index is 1340. The van der Waals surface area contributed by atoms with Gasteiger partial charge in [0.15, 0.2) is 6.29 Å². The lowest BCUT2D eigenvalue weighted by molar-refractivity contribution is -0.302. The van der Waals surface area contributed by atoms with E-state index in [0.717, 1.165) is 51.4 Å². The van der Waals surface area contributed by atoms with Crippen molar-refractivity contribution in [2.24, 2.45) is 0 Å². The van der Waals surface area contributed by atoms with Crippen molar-refractivity contribution < 1.29 is 39.8 Å². The summed E-state index contributed by atoms with van der Waals surface area (Å²) in [5, 5.41) is 54.7. The molecule has 76 heavy (non-hydrogen) atoms. The van der Waals surface area contributed by atoms with Gasteiger partial charge < -0.3 is 40.3 Å². The van der Waals surface area contributed by atoms with Gasteiger partial charge in [-0.15, -0.1) is 0 Å². The van der Waals surface area contributed by atoms with Gasteiger partial charge in [-0.25, -0.2) is 0 Å². The highest BCUT2D eigenvalue weighted by molar-refractivity contribution is 5.76. The fraction of sp³-hybridized carbons (Fsp3) is 0.866. The first kappa shape index (κ1) is 72.2. The predicted octanol–water partition coefficient (Wildman–Crippen LogP) is 17.2. The lowest BCUT2D eigenvalue weighted by Gasteiger charge is -2.40. The summed E-state index contributed by atoms with van der Waals surface area (Å²) in [6, 6.07) is -0.808. The third-order valence-electron chi connectivity index (χ3n) is 15.6. The van der Waals surface area contributed by atoms with E-state index in [4.69, 9.17) is 9.47 Å². The first-order chi connectivity index (χ1) is 37.3. The minimum absolute atomic E-state index is 0.175. The number of unbranched alkanes of at least 4 members (excludes halogenated alkanes) is 41. The van der Waals surface area contributed by atoms with Crippen molar-refractivity contribution in [1.29, 1.82) is 0 Å². The van der Waals surface area contributed by atoms with E-state index in [2.05, 4.69) is 55.6 Å². The second-order valence-corrected chi connectivity index (χ2v) is 22.9. The van der Waals surface area contributed by atoms with Crippen LogP contribution in [0.25, 0.3) is 0 Å². The number of aliphatic hydroxyl groups is 5. The summed E-state index contributed by atoms with van der Waals surface area (Å²) in [5.41, 5.74) is 0. The SMILES string of the molecule is CCCCCCC/C=C\C/C=C\C/C=C\CCCCCCCCCCCCCCC(=O)NC(COC1OC(CO)C(O)C(O)C1O)C(O)/C=C/CCCCCCCCCCCCCCCCCCCCCCCCCC. The van der Waals surface area contributed by atoms with Crippen molar-refractivity contribution >= 4 is 5.91 Å². The predicted molar refractivity (Wildman–Crippen MR) is 323 cm³/mol. The standard InChI is InChI=1S/C67H125NO8/c1-3-5-7-9-11-13-15-17-19-21-23-25-27-29-31-33-35-37-39-41-43-45-47-49-51-53-55-57-63(71)68-60(59-75-67-66(74)65(73)64(72)62(58-69)76-67)61(70)56-54-52-50-48-46-44-42-40-38-36-34-32-30-28-26-24-22-20-18-16-14-12-10-8-6-4-2/h15,17,21,23,27,29,54,56,60-62,64-67,69-70,72-74H,3-14,16,18-20,22,24-26,28,30-53,55,57-59H2,1-2H3,(H,68,71)/b17-15-,23-21-,29-27-,56-54+. The van der Waals surface area contributed by atoms with E-state index < -0.39 is 49.5 Å². The highest BCUT2D eigenvalue weighted by Crippen LogP contribution is 2.23. The van der Waals surface area contributed by atoms with Crippen LogP contribution >= 0.6 is 0 Å². The van der Waals surface area contributed by atoms with Crippen LogP contribution in [0, 0.1) is 0 Å². The number of hydrogen-bond donors (Lipinski definition) is 6. The fourth-order valence-corrected chi connectivity index (χ4v) is 10.5. The van der Waals surface area contributed by atoms with Gasteiger partial charge in [0.2, 0.25) is 5.91 Å². The zero-order valence-corrected chi connectivity index (χ0v) is 49.8. The normalized spacial score (nSPS) is 19.1. The monoisotopic (exact) mass is 1070 g/mol. The molecule has 9 heteroatoms. The maximum atomic E-state index is 13.1. The Hall–Kier alpha value is -1.85. The molecule has 446 valence electrons. The maximum absolute atomic E-state index is 13.1. The number of allylic oxidation sites excluding steroid dienone is 7. The number of amides is 1. The summed E-state index contributed by atoms with van der Waals surface area (Å²) in [4.78, 5) is 13.1. The molecule has 1 saturated heterocycles. The lowest BCUT2D eigenvalue weighted by Crippen LogP contribution is -2.60. The van der Waals surface area contributed by atoms with Crippen LogP contribution in [-0.2, 0) is 14.3 Å². The summed E-state index contributed by atoms with van der Waals surface area (Å²) >= 11 is 0. The zero-order chi connectivity index (χ0) is 55.0. The Labute approximate surface area is 469 Å². The Morgan fingerprint density at radius 1 is 0.447 bits per heavy atom. The molecule has 1 amide bonds. The minimum Gasteiger partial charge on any atom is -0.394 e. The molecule has 1 rings (SSSR count). The Balaban J connectivity index is 2.17. The number of carbonyl (C=O) groups excluding carboxylic acids is 1. The Kier molecular flexibility index (Phi) is 53.6. The van der Waals surface area contributed by atoms with Crippen LogP contribution in [0.15, 0.2) is 48.6 Å². The number of carbonyl (C=O) groups is 1. The highest BCUT2D eigenvalue weighted by Gasteiger charge is 2.44. The number of hydrogen-bond acceptors (Lipinski definition) is 8. The van der Waals surface area contributed by atoms with Gasteiger partial charge in [-0.2, -0.15) is 0 Å². The van der Waals surface area contributed by atoms with Crippen molar-refractivity contribution in [1.82, 2.24) is 5.32 Å². The van der Waals surface area contributed by atoms with Crippen molar-refractivity contribution in [3.63, 3.8) is 0 Å². The molecule has 0 aliphatic carbocycles. The van der Waals surface area contributed by atoms with Gasteiger partial charge in [0.1, 0.15) is 24.4 Å². The molecular formula is C67H125NO8. The molecule has 1 aliphatic heterocycles. The van der Waals surface area contributed by atoms with E-state index in [1.807, 2.05) is 6.08 Å². The molecular weight excluding hydrogens is 947 g/mol. The van der Waals surface area contributed by atoms with Crippen LogP contribution in [0.2, 0.25) is 0 Å². The molecule has 1 fully saturated rings. The summed E-state index contributed by atoms with van der Waals surface area (Å²) in [6.07, 6.45) is 69.1. The fourth-order valence-electron chi connectivity index (χ4n) is 10.5. The molecule has 0 bridgehead atoms. The van der Waals surface area contributed by atoms with Crippen LogP contribution in [0.1, 0.15) is 316 Å². The van der Waals surface area contributed by atoms with E-state index in [0.29, 0.717) is 6.42 Å². The molecule has 0 aromatic rings. The molecule has 6 N–H and O–H groups in total. The van der Waals surface area contributed by atoms with Gasteiger partial charge >= 0.3 is 0 Å². The molecule has 1 aliphatic rings. The van der Waals surface area contributed by atoms with Crippen molar-refractivity contribution in [2.75, 3.05) is 13.2 Å². The molecule has 0 spiro atoms. The molecule has 7 unspecified atom stereocenters. The molecule has 0 aromatic heterocycles. The second kappa shape index (κ2) is 56.4. The molecule has 0 saturated carbocycles. The summed E-state index contributed by atoms with van der Waals surface area (Å²) < 4.78 is 11.3.